The lowest BCUT2D eigenvalue weighted by Crippen LogP contribution is -2.66. The molecule has 3 heterocycles. The monoisotopic (exact) mass is 418 g/mol. The minimum absolute atomic E-state index is 0.0311. The van der Waals surface area contributed by atoms with Crippen LogP contribution in [0.3, 0.4) is 0 Å². The minimum atomic E-state index is -1.03. The van der Waals surface area contributed by atoms with Gasteiger partial charge in [-0.3, -0.25) is 9.69 Å². The Morgan fingerprint density at radius 1 is 1.17 bits per heavy atom. The second-order valence-corrected chi connectivity index (χ2v) is 8.27. The van der Waals surface area contributed by atoms with E-state index in [1.165, 1.54) is 0 Å². The van der Waals surface area contributed by atoms with Crippen LogP contribution >= 0.6 is 0 Å². The van der Waals surface area contributed by atoms with Gasteiger partial charge in [-0.2, -0.15) is 0 Å². The zero-order valence-electron chi connectivity index (χ0n) is 17.8. The van der Waals surface area contributed by atoms with Gasteiger partial charge >= 0.3 is 6.09 Å². The predicted molar refractivity (Wildman–Crippen MR) is 107 cm³/mol. The Labute approximate surface area is 177 Å². The van der Waals surface area contributed by atoms with E-state index in [1.807, 2.05) is 35.2 Å². The average molecular weight is 418 g/mol. The largest absolute Gasteiger partial charge is 0.440 e. The van der Waals surface area contributed by atoms with Crippen LogP contribution in [0.5, 0.6) is 0 Å². The van der Waals surface area contributed by atoms with Gasteiger partial charge in [0.2, 0.25) is 0 Å². The van der Waals surface area contributed by atoms with Crippen LogP contribution in [-0.4, -0.2) is 80.8 Å². The molecule has 3 fully saturated rings. The first kappa shape index (κ1) is 21.1. The first-order valence-corrected chi connectivity index (χ1v) is 10.4. The summed E-state index contributed by atoms with van der Waals surface area (Å²) in [5.41, 5.74) is 0.0331. The highest BCUT2D eigenvalue weighted by atomic mass is 16.7. The molecule has 3 aliphatic heterocycles. The summed E-state index contributed by atoms with van der Waals surface area (Å²) in [7, 11) is 4.78. The summed E-state index contributed by atoms with van der Waals surface area (Å²) in [5.74, 6) is 0.00532. The van der Waals surface area contributed by atoms with Gasteiger partial charge in [-0.15, -0.1) is 0 Å². The average Bonchev–Trinajstić information content (AvgIpc) is 3.22. The number of rotatable bonds is 8. The maximum absolute atomic E-state index is 13.9. The second-order valence-electron chi connectivity index (χ2n) is 8.27. The molecule has 8 nitrogen and oxygen atoms in total. The lowest BCUT2D eigenvalue weighted by molar-refractivity contribution is -0.155. The van der Waals surface area contributed by atoms with Crippen LogP contribution in [0.1, 0.15) is 18.4 Å². The quantitative estimate of drug-likeness (QED) is 0.600. The molecule has 3 aliphatic rings. The summed E-state index contributed by atoms with van der Waals surface area (Å²) in [6.45, 7) is 1.80. The molecule has 4 atom stereocenters. The van der Waals surface area contributed by atoms with Crippen molar-refractivity contribution in [3.05, 3.63) is 35.9 Å². The molecule has 4 rings (SSSR count). The van der Waals surface area contributed by atoms with Gasteiger partial charge in [-0.05, 0) is 17.9 Å². The van der Waals surface area contributed by atoms with E-state index in [-0.39, 0.29) is 30.6 Å². The van der Waals surface area contributed by atoms with Crippen molar-refractivity contribution < 1.29 is 28.5 Å². The lowest BCUT2D eigenvalue weighted by Gasteiger charge is -2.46. The van der Waals surface area contributed by atoms with Gasteiger partial charge in [-0.1, -0.05) is 30.3 Å². The third-order valence-electron chi connectivity index (χ3n) is 6.85. The molecule has 30 heavy (non-hydrogen) atoms. The Hall–Kier alpha value is -2.16. The molecular formula is C22H30N2O6. The van der Waals surface area contributed by atoms with E-state index in [1.54, 1.807) is 26.2 Å². The molecule has 1 aromatic carbocycles. The molecule has 0 bridgehead atoms. The fraction of sp³-hybridized carbons (Fsp3) is 0.636. The lowest BCUT2D eigenvalue weighted by atomic mass is 9.70. The zero-order valence-corrected chi connectivity index (χ0v) is 17.8. The van der Waals surface area contributed by atoms with Crippen LogP contribution in [0, 0.1) is 11.8 Å². The van der Waals surface area contributed by atoms with Crippen molar-refractivity contribution in [3.63, 3.8) is 0 Å². The smallest absolute Gasteiger partial charge is 0.411 e. The van der Waals surface area contributed by atoms with Crippen LogP contribution < -0.4 is 0 Å². The first-order valence-electron chi connectivity index (χ1n) is 10.4. The Kier molecular flexibility index (Phi) is 5.99. The molecule has 0 saturated carbocycles. The Morgan fingerprint density at radius 3 is 2.57 bits per heavy atom. The first-order chi connectivity index (χ1) is 14.6. The van der Waals surface area contributed by atoms with Crippen molar-refractivity contribution in [1.82, 2.24) is 9.80 Å². The molecule has 0 N–H and O–H groups in total. The number of benzene rings is 1. The number of likely N-dealkylation sites (tertiary alicyclic amines) is 1. The number of nitrogens with zero attached hydrogens (tertiary/aromatic N) is 2. The molecule has 8 heteroatoms. The SMILES string of the molecule is COC[C@@H]1OC(=O)N2CC(CC(OC)OC)[C@H]3CCN(Cc4ccccc4)C(=O)[C@]132. The van der Waals surface area contributed by atoms with E-state index in [0.717, 1.165) is 12.0 Å². The summed E-state index contributed by atoms with van der Waals surface area (Å²) in [4.78, 5) is 30.2. The minimum Gasteiger partial charge on any atom is -0.440 e. The Balaban J connectivity index is 1.67. The molecule has 164 valence electrons. The fourth-order valence-electron chi connectivity index (χ4n) is 5.54. The number of piperidine rings is 1. The Bertz CT molecular complexity index is 770. The number of cyclic esters (lactones) is 1. The van der Waals surface area contributed by atoms with E-state index in [2.05, 4.69) is 0 Å². The molecule has 0 aromatic heterocycles. The predicted octanol–water partition coefficient (Wildman–Crippen LogP) is 1.88. The second kappa shape index (κ2) is 8.53. The number of hydrogen-bond donors (Lipinski definition) is 0. The summed E-state index contributed by atoms with van der Waals surface area (Å²) < 4.78 is 21.8. The van der Waals surface area contributed by atoms with Gasteiger partial charge in [0.1, 0.15) is 0 Å². The standard InChI is InChI=1S/C22H30N2O6/c1-27-14-18-22-17(9-10-23(20(22)25)12-15-7-5-4-6-8-15)16(11-19(28-2)29-3)13-24(22)21(26)30-18/h4-8,16-19H,9-14H2,1-3H3/t16?,17-,18+,22-/m1/s1. The van der Waals surface area contributed by atoms with Crippen molar-refractivity contribution >= 4 is 12.0 Å². The van der Waals surface area contributed by atoms with E-state index in [4.69, 9.17) is 18.9 Å². The molecule has 1 aromatic rings. The number of hydrogen-bond acceptors (Lipinski definition) is 6. The third kappa shape index (κ3) is 3.27. The highest BCUT2D eigenvalue weighted by molar-refractivity contribution is 5.95. The molecule has 1 spiro atoms. The van der Waals surface area contributed by atoms with Crippen molar-refractivity contribution in [2.24, 2.45) is 11.8 Å². The number of amides is 2. The molecule has 0 aliphatic carbocycles. The fourth-order valence-corrected chi connectivity index (χ4v) is 5.54. The summed E-state index contributed by atoms with van der Waals surface area (Å²) in [6, 6.07) is 9.91. The van der Waals surface area contributed by atoms with Gasteiger partial charge in [0.25, 0.3) is 5.91 Å². The molecule has 2 amide bonds. The molecule has 1 unspecified atom stereocenters. The van der Waals surface area contributed by atoms with E-state index in [0.29, 0.717) is 26.1 Å². The normalized spacial score (nSPS) is 30.6. The Morgan fingerprint density at radius 2 is 1.90 bits per heavy atom. The summed E-state index contributed by atoms with van der Waals surface area (Å²) in [6.07, 6.45) is -0.0297. The van der Waals surface area contributed by atoms with Crippen LogP contribution in [-0.2, 0) is 30.3 Å². The summed E-state index contributed by atoms with van der Waals surface area (Å²) in [5, 5.41) is 0. The maximum atomic E-state index is 13.9. The topological polar surface area (TPSA) is 77.5 Å². The number of methoxy groups -OCH3 is 3. The van der Waals surface area contributed by atoms with Crippen molar-refractivity contribution in [2.75, 3.05) is 41.0 Å². The van der Waals surface area contributed by atoms with Crippen LogP contribution in [0.2, 0.25) is 0 Å². The van der Waals surface area contributed by atoms with Gasteiger partial charge in [0.15, 0.2) is 17.9 Å². The maximum Gasteiger partial charge on any atom is 0.411 e. The van der Waals surface area contributed by atoms with Crippen molar-refractivity contribution in [3.8, 4) is 0 Å². The van der Waals surface area contributed by atoms with Crippen molar-refractivity contribution in [1.29, 1.82) is 0 Å². The van der Waals surface area contributed by atoms with E-state index in [9.17, 15) is 9.59 Å². The number of ether oxygens (including phenoxy) is 4. The van der Waals surface area contributed by atoms with Crippen LogP contribution in [0.25, 0.3) is 0 Å². The number of carbonyl (C=O) groups is 2. The van der Waals surface area contributed by atoms with Crippen LogP contribution in [0.15, 0.2) is 30.3 Å². The third-order valence-corrected chi connectivity index (χ3v) is 6.85. The highest BCUT2D eigenvalue weighted by Crippen LogP contribution is 2.52. The molecule has 0 radical (unpaired) electrons. The van der Waals surface area contributed by atoms with Gasteiger partial charge in [0, 0.05) is 53.3 Å². The zero-order chi connectivity index (χ0) is 21.3. The van der Waals surface area contributed by atoms with E-state index < -0.39 is 17.7 Å². The van der Waals surface area contributed by atoms with Gasteiger partial charge < -0.3 is 23.8 Å². The van der Waals surface area contributed by atoms with E-state index >= 15 is 0 Å². The van der Waals surface area contributed by atoms with Crippen LogP contribution in [0.4, 0.5) is 4.79 Å². The molecule has 3 saturated heterocycles. The van der Waals surface area contributed by atoms with Gasteiger partial charge in [-0.25, -0.2) is 4.79 Å². The number of carbonyl (C=O) groups excluding carboxylic acids is 2. The highest BCUT2D eigenvalue weighted by Gasteiger charge is 2.71. The van der Waals surface area contributed by atoms with Crippen molar-refractivity contribution in [2.45, 2.75) is 37.3 Å². The summed E-state index contributed by atoms with van der Waals surface area (Å²) >= 11 is 0. The molecular weight excluding hydrogens is 388 g/mol. The van der Waals surface area contributed by atoms with Gasteiger partial charge in [0.05, 0.1) is 6.61 Å².